The van der Waals surface area contributed by atoms with Crippen LogP contribution in [0.3, 0.4) is 0 Å². The van der Waals surface area contributed by atoms with Crippen LogP contribution in [0, 0.1) is 11.3 Å². The fourth-order valence-corrected chi connectivity index (χ4v) is 2.30. The minimum absolute atomic E-state index is 0.0672. The molecule has 2 rings (SSSR count). The molecule has 0 radical (unpaired) electrons. The number of nitrogens with one attached hydrogen (secondary N) is 1. The van der Waals surface area contributed by atoms with E-state index in [2.05, 4.69) is 19.2 Å². The zero-order valence-electron chi connectivity index (χ0n) is 9.81. The maximum Gasteiger partial charge on any atom is 0.240 e. The van der Waals surface area contributed by atoms with E-state index in [-0.39, 0.29) is 5.91 Å². The Bertz CT molecular complexity index is 265. The van der Waals surface area contributed by atoms with Gasteiger partial charge in [-0.2, -0.15) is 0 Å². The van der Waals surface area contributed by atoms with Crippen LogP contribution in [-0.2, 0) is 4.79 Å². The van der Waals surface area contributed by atoms with Gasteiger partial charge in [0.05, 0.1) is 5.54 Å². The van der Waals surface area contributed by atoms with E-state index in [1.807, 2.05) is 0 Å². The molecule has 0 aromatic carbocycles. The summed E-state index contributed by atoms with van der Waals surface area (Å²) in [6.45, 7) is 5.32. The van der Waals surface area contributed by atoms with E-state index in [1.54, 1.807) is 0 Å². The molecule has 86 valence electrons. The molecule has 0 unspecified atom stereocenters. The van der Waals surface area contributed by atoms with Crippen LogP contribution in [0.15, 0.2) is 0 Å². The highest BCUT2D eigenvalue weighted by molar-refractivity contribution is 5.89. The van der Waals surface area contributed by atoms with Gasteiger partial charge in [0.15, 0.2) is 0 Å². The zero-order chi connectivity index (χ0) is 11.1. The molecule has 3 N–H and O–H groups in total. The molecular weight excluding hydrogens is 188 g/mol. The number of hydrogen-bond acceptors (Lipinski definition) is 2. The zero-order valence-corrected chi connectivity index (χ0v) is 9.81. The number of carbonyl (C=O) groups is 1. The molecule has 0 aliphatic heterocycles. The number of amides is 1. The Kier molecular flexibility index (Phi) is 2.53. The van der Waals surface area contributed by atoms with Crippen molar-refractivity contribution >= 4 is 5.91 Å². The third kappa shape index (κ3) is 2.51. The summed E-state index contributed by atoms with van der Waals surface area (Å²) in [5, 5.41) is 3.03. The van der Waals surface area contributed by atoms with Gasteiger partial charge in [0.25, 0.3) is 0 Å². The first-order valence-corrected chi connectivity index (χ1v) is 6.03. The van der Waals surface area contributed by atoms with Crippen molar-refractivity contribution in [2.75, 3.05) is 6.54 Å². The molecule has 3 nitrogen and oxygen atoms in total. The monoisotopic (exact) mass is 210 g/mol. The molecule has 3 heteroatoms. The van der Waals surface area contributed by atoms with Crippen LogP contribution in [0.25, 0.3) is 0 Å². The molecule has 0 aromatic rings. The van der Waals surface area contributed by atoms with E-state index in [0.29, 0.717) is 5.41 Å². The predicted molar refractivity (Wildman–Crippen MR) is 60.3 cm³/mol. The lowest BCUT2D eigenvalue weighted by atomic mass is 9.94. The Morgan fingerprint density at radius 3 is 2.33 bits per heavy atom. The van der Waals surface area contributed by atoms with Gasteiger partial charge < -0.3 is 11.1 Å². The van der Waals surface area contributed by atoms with Crippen molar-refractivity contribution in [3.8, 4) is 0 Å². The van der Waals surface area contributed by atoms with E-state index in [1.165, 1.54) is 19.3 Å². The maximum absolute atomic E-state index is 11.7. The van der Waals surface area contributed by atoms with Gasteiger partial charge in [0.1, 0.15) is 0 Å². The van der Waals surface area contributed by atoms with Crippen molar-refractivity contribution in [3.63, 3.8) is 0 Å². The van der Waals surface area contributed by atoms with Crippen molar-refractivity contribution in [2.45, 2.75) is 51.5 Å². The molecule has 2 saturated carbocycles. The highest BCUT2D eigenvalue weighted by Gasteiger charge is 2.48. The topological polar surface area (TPSA) is 55.1 Å². The van der Waals surface area contributed by atoms with Gasteiger partial charge in [-0.3, -0.25) is 4.79 Å². The minimum atomic E-state index is -0.506. The highest BCUT2D eigenvalue weighted by atomic mass is 16.2. The van der Waals surface area contributed by atoms with Gasteiger partial charge in [-0.05, 0) is 43.4 Å². The molecule has 2 fully saturated rings. The first-order valence-electron chi connectivity index (χ1n) is 6.03. The van der Waals surface area contributed by atoms with Crippen LogP contribution in [-0.4, -0.2) is 18.0 Å². The average molecular weight is 210 g/mol. The summed E-state index contributed by atoms with van der Waals surface area (Å²) in [6, 6.07) is 0. The molecule has 2 aliphatic rings. The molecule has 0 saturated heterocycles. The molecular formula is C12H22N2O. The summed E-state index contributed by atoms with van der Waals surface area (Å²) >= 11 is 0. The smallest absolute Gasteiger partial charge is 0.240 e. The Labute approximate surface area is 91.8 Å². The Morgan fingerprint density at radius 2 is 1.93 bits per heavy atom. The normalized spacial score (nSPS) is 25.1. The van der Waals surface area contributed by atoms with E-state index < -0.39 is 5.54 Å². The quantitative estimate of drug-likeness (QED) is 0.721. The molecule has 0 bridgehead atoms. The fraction of sp³-hybridized carbons (Fsp3) is 0.917. The van der Waals surface area contributed by atoms with Crippen LogP contribution < -0.4 is 11.1 Å². The van der Waals surface area contributed by atoms with Gasteiger partial charge in [-0.25, -0.2) is 0 Å². The summed E-state index contributed by atoms with van der Waals surface area (Å²) < 4.78 is 0. The Balaban J connectivity index is 1.76. The van der Waals surface area contributed by atoms with E-state index in [4.69, 9.17) is 5.73 Å². The molecule has 0 aromatic heterocycles. The second-order valence-electron chi connectivity index (χ2n) is 5.94. The second-order valence-corrected chi connectivity index (χ2v) is 5.94. The maximum atomic E-state index is 11.7. The van der Waals surface area contributed by atoms with Gasteiger partial charge in [-0.1, -0.05) is 13.8 Å². The second kappa shape index (κ2) is 3.48. The highest BCUT2D eigenvalue weighted by Crippen LogP contribution is 2.50. The number of rotatable bonds is 5. The van der Waals surface area contributed by atoms with Crippen molar-refractivity contribution in [3.05, 3.63) is 0 Å². The van der Waals surface area contributed by atoms with Crippen molar-refractivity contribution in [1.29, 1.82) is 0 Å². The lowest BCUT2D eigenvalue weighted by Gasteiger charge is -2.19. The predicted octanol–water partition coefficient (Wildman–Crippen LogP) is 1.42. The first kappa shape index (κ1) is 10.9. The van der Waals surface area contributed by atoms with Crippen LogP contribution >= 0.6 is 0 Å². The molecule has 15 heavy (non-hydrogen) atoms. The van der Waals surface area contributed by atoms with Crippen molar-refractivity contribution in [2.24, 2.45) is 17.1 Å². The molecule has 2 aliphatic carbocycles. The summed E-state index contributed by atoms with van der Waals surface area (Å²) in [5.74, 6) is 0.787. The van der Waals surface area contributed by atoms with Crippen molar-refractivity contribution in [1.82, 2.24) is 5.32 Å². The Morgan fingerprint density at radius 1 is 1.33 bits per heavy atom. The number of hydrogen-bond donors (Lipinski definition) is 2. The fourth-order valence-electron chi connectivity index (χ4n) is 2.30. The molecule has 1 amide bonds. The van der Waals surface area contributed by atoms with Crippen LogP contribution in [0.4, 0.5) is 0 Å². The molecule has 0 heterocycles. The van der Waals surface area contributed by atoms with Crippen LogP contribution in [0.5, 0.6) is 0 Å². The van der Waals surface area contributed by atoms with E-state index in [9.17, 15) is 4.79 Å². The minimum Gasteiger partial charge on any atom is -0.354 e. The van der Waals surface area contributed by atoms with Gasteiger partial charge >= 0.3 is 0 Å². The first-order chi connectivity index (χ1) is 6.96. The third-order valence-corrected chi connectivity index (χ3v) is 3.66. The summed E-state index contributed by atoms with van der Waals surface area (Å²) in [5.41, 5.74) is 5.73. The Hall–Kier alpha value is -0.570. The van der Waals surface area contributed by atoms with E-state index in [0.717, 1.165) is 25.3 Å². The SMILES string of the molecule is CC(C)CC1(CNC(=O)C2(N)CC2)CC1. The van der Waals surface area contributed by atoms with Crippen LogP contribution in [0.2, 0.25) is 0 Å². The largest absolute Gasteiger partial charge is 0.354 e. The lowest BCUT2D eigenvalue weighted by molar-refractivity contribution is -0.123. The van der Waals surface area contributed by atoms with E-state index >= 15 is 0 Å². The standard InChI is InChI=1S/C12H22N2O/c1-9(2)7-11(3-4-11)8-14-10(15)12(13)5-6-12/h9H,3-8,13H2,1-2H3,(H,14,15). The van der Waals surface area contributed by atoms with Crippen LogP contribution in [0.1, 0.15) is 46.0 Å². The number of nitrogens with two attached hydrogens (primary N) is 1. The number of carbonyl (C=O) groups excluding carboxylic acids is 1. The van der Waals surface area contributed by atoms with Gasteiger partial charge in [0.2, 0.25) is 5.91 Å². The average Bonchev–Trinajstić information content (AvgIpc) is 3.02. The van der Waals surface area contributed by atoms with Crippen molar-refractivity contribution < 1.29 is 4.79 Å². The summed E-state index contributed by atoms with van der Waals surface area (Å²) in [4.78, 5) is 11.7. The summed E-state index contributed by atoms with van der Waals surface area (Å²) in [7, 11) is 0. The lowest BCUT2D eigenvalue weighted by Crippen LogP contribution is -2.44. The van der Waals surface area contributed by atoms with Gasteiger partial charge in [-0.15, -0.1) is 0 Å². The molecule has 0 spiro atoms. The van der Waals surface area contributed by atoms with Gasteiger partial charge in [0, 0.05) is 6.54 Å². The third-order valence-electron chi connectivity index (χ3n) is 3.66. The summed E-state index contributed by atoms with van der Waals surface area (Å²) in [6.07, 6.45) is 5.48. The molecule has 0 atom stereocenters.